The van der Waals surface area contributed by atoms with Crippen LogP contribution in [0.2, 0.25) is 5.02 Å². The van der Waals surface area contributed by atoms with Gasteiger partial charge in [0.1, 0.15) is 5.37 Å². The molecule has 0 bridgehead atoms. The fourth-order valence-corrected chi connectivity index (χ4v) is 3.85. The Hall–Kier alpha value is -0.710. The standard InChI is InChI=1S/C14H19ClN2OS/c1-3-16-8-9-17-13(18)10(2)19-14(17)11-6-4-5-7-12(11)15/h4-7,10,14,16H,3,8-9H2,1-2H3. The molecule has 0 spiro atoms. The fraction of sp³-hybridized carbons (Fsp3) is 0.500. The summed E-state index contributed by atoms with van der Waals surface area (Å²) in [6.07, 6.45) is 0. The number of nitrogens with one attached hydrogen (secondary N) is 1. The Morgan fingerprint density at radius 1 is 1.42 bits per heavy atom. The molecule has 0 aromatic heterocycles. The van der Waals surface area contributed by atoms with Gasteiger partial charge in [-0.25, -0.2) is 0 Å². The Balaban J connectivity index is 2.17. The van der Waals surface area contributed by atoms with Crippen molar-refractivity contribution in [1.82, 2.24) is 10.2 Å². The smallest absolute Gasteiger partial charge is 0.236 e. The summed E-state index contributed by atoms with van der Waals surface area (Å²) in [4.78, 5) is 14.2. The number of hydrogen-bond donors (Lipinski definition) is 1. The van der Waals surface area contributed by atoms with Crippen molar-refractivity contribution < 1.29 is 4.79 Å². The van der Waals surface area contributed by atoms with Crippen LogP contribution >= 0.6 is 23.4 Å². The highest BCUT2D eigenvalue weighted by atomic mass is 35.5. The highest BCUT2D eigenvalue weighted by Gasteiger charge is 2.38. The van der Waals surface area contributed by atoms with E-state index in [1.807, 2.05) is 36.1 Å². The van der Waals surface area contributed by atoms with Gasteiger partial charge < -0.3 is 10.2 Å². The number of hydrogen-bond acceptors (Lipinski definition) is 3. The molecule has 1 aliphatic rings. The minimum Gasteiger partial charge on any atom is -0.324 e. The van der Waals surface area contributed by atoms with E-state index in [1.165, 1.54) is 0 Å². The molecular weight excluding hydrogens is 280 g/mol. The van der Waals surface area contributed by atoms with Crippen molar-refractivity contribution in [2.24, 2.45) is 0 Å². The van der Waals surface area contributed by atoms with Crippen LogP contribution in [0.3, 0.4) is 0 Å². The summed E-state index contributed by atoms with van der Waals surface area (Å²) in [5.41, 5.74) is 1.03. The third-order valence-electron chi connectivity index (χ3n) is 3.20. The number of amides is 1. The van der Waals surface area contributed by atoms with Gasteiger partial charge in [-0.1, -0.05) is 36.7 Å². The number of rotatable bonds is 5. The van der Waals surface area contributed by atoms with Crippen LogP contribution in [0.25, 0.3) is 0 Å². The predicted molar refractivity (Wildman–Crippen MR) is 81.5 cm³/mol. The van der Waals surface area contributed by atoms with Gasteiger partial charge in [0.25, 0.3) is 0 Å². The summed E-state index contributed by atoms with van der Waals surface area (Å²) in [5.74, 6) is 0.202. The summed E-state index contributed by atoms with van der Waals surface area (Å²) in [6.45, 7) is 6.48. The normalized spacial score (nSPS) is 23.1. The van der Waals surface area contributed by atoms with Crippen molar-refractivity contribution in [2.45, 2.75) is 24.5 Å². The summed E-state index contributed by atoms with van der Waals surface area (Å²) < 4.78 is 0. The molecule has 19 heavy (non-hydrogen) atoms. The predicted octanol–water partition coefficient (Wildman–Crippen LogP) is 2.91. The van der Waals surface area contributed by atoms with Gasteiger partial charge in [0.15, 0.2) is 0 Å². The van der Waals surface area contributed by atoms with Crippen molar-refractivity contribution >= 4 is 29.3 Å². The molecule has 3 nitrogen and oxygen atoms in total. The topological polar surface area (TPSA) is 32.3 Å². The zero-order chi connectivity index (χ0) is 13.8. The maximum atomic E-state index is 12.2. The zero-order valence-electron chi connectivity index (χ0n) is 11.2. The number of halogens is 1. The van der Waals surface area contributed by atoms with Gasteiger partial charge in [-0.05, 0) is 19.5 Å². The molecule has 1 fully saturated rings. The first-order valence-electron chi connectivity index (χ1n) is 6.56. The molecule has 2 unspecified atom stereocenters. The monoisotopic (exact) mass is 298 g/mol. The number of carbonyl (C=O) groups is 1. The minimum absolute atomic E-state index is 0.00268. The average molecular weight is 299 g/mol. The van der Waals surface area contributed by atoms with Crippen LogP contribution < -0.4 is 5.32 Å². The Morgan fingerprint density at radius 3 is 2.84 bits per heavy atom. The summed E-state index contributed by atoms with van der Waals surface area (Å²) >= 11 is 7.93. The van der Waals surface area contributed by atoms with Crippen LogP contribution in [0.4, 0.5) is 0 Å². The Labute approximate surface area is 123 Å². The molecule has 0 aliphatic carbocycles. The third kappa shape index (κ3) is 3.25. The van der Waals surface area contributed by atoms with Crippen molar-refractivity contribution in [3.05, 3.63) is 34.9 Å². The maximum absolute atomic E-state index is 12.2. The van der Waals surface area contributed by atoms with Gasteiger partial charge in [-0.3, -0.25) is 4.79 Å². The highest BCUT2D eigenvalue weighted by molar-refractivity contribution is 8.01. The first-order chi connectivity index (χ1) is 9.15. The Bertz CT molecular complexity index is 455. The van der Waals surface area contributed by atoms with Crippen molar-refractivity contribution in [3.63, 3.8) is 0 Å². The lowest BCUT2D eigenvalue weighted by Gasteiger charge is -2.25. The van der Waals surface area contributed by atoms with Gasteiger partial charge in [0, 0.05) is 23.7 Å². The molecule has 1 saturated heterocycles. The average Bonchev–Trinajstić information content (AvgIpc) is 2.68. The SMILES string of the molecule is CCNCCN1C(=O)C(C)SC1c1ccccc1Cl. The fourth-order valence-electron chi connectivity index (χ4n) is 2.19. The number of nitrogens with zero attached hydrogens (tertiary/aromatic N) is 1. The lowest BCUT2D eigenvalue weighted by atomic mass is 10.2. The number of benzene rings is 1. The van der Waals surface area contributed by atoms with Gasteiger partial charge in [0.2, 0.25) is 5.91 Å². The Morgan fingerprint density at radius 2 is 2.16 bits per heavy atom. The van der Waals surface area contributed by atoms with Crippen LogP contribution in [0.5, 0.6) is 0 Å². The van der Waals surface area contributed by atoms with Crippen LogP contribution in [0.1, 0.15) is 24.8 Å². The summed E-state index contributed by atoms with van der Waals surface area (Å²) in [5, 5.41) is 4.03. The number of thioether (sulfide) groups is 1. The van der Waals surface area contributed by atoms with Gasteiger partial charge in [-0.2, -0.15) is 0 Å². The molecule has 1 amide bonds. The molecule has 1 N–H and O–H groups in total. The van der Waals surface area contributed by atoms with Crippen molar-refractivity contribution in [3.8, 4) is 0 Å². The molecule has 1 aromatic rings. The van der Waals surface area contributed by atoms with E-state index in [0.717, 1.165) is 30.2 Å². The second-order valence-electron chi connectivity index (χ2n) is 4.54. The molecule has 2 rings (SSSR count). The number of carbonyl (C=O) groups excluding carboxylic acids is 1. The van der Waals surface area contributed by atoms with Crippen molar-refractivity contribution in [1.29, 1.82) is 0 Å². The summed E-state index contributed by atoms with van der Waals surface area (Å²) in [7, 11) is 0. The van der Waals surface area contributed by atoms with Crippen LogP contribution in [-0.4, -0.2) is 35.7 Å². The van der Waals surface area contributed by atoms with E-state index in [-0.39, 0.29) is 16.5 Å². The third-order valence-corrected chi connectivity index (χ3v) is 4.92. The molecule has 1 aliphatic heterocycles. The Kier molecular flexibility index (Phi) is 5.13. The molecule has 1 heterocycles. The van der Waals surface area contributed by atoms with Crippen LogP contribution in [0, 0.1) is 0 Å². The van der Waals surface area contributed by atoms with E-state index >= 15 is 0 Å². The molecule has 104 valence electrons. The molecule has 5 heteroatoms. The van der Waals surface area contributed by atoms with E-state index in [2.05, 4.69) is 12.2 Å². The number of likely N-dealkylation sites (N-methyl/N-ethyl adjacent to an activating group) is 1. The quantitative estimate of drug-likeness (QED) is 0.848. The zero-order valence-corrected chi connectivity index (χ0v) is 12.8. The second kappa shape index (κ2) is 6.64. The lowest BCUT2D eigenvalue weighted by molar-refractivity contribution is -0.129. The lowest BCUT2D eigenvalue weighted by Crippen LogP contribution is -2.36. The first kappa shape index (κ1) is 14.7. The molecular formula is C14H19ClN2OS. The van der Waals surface area contributed by atoms with E-state index in [4.69, 9.17) is 11.6 Å². The van der Waals surface area contributed by atoms with E-state index < -0.39 is 0 Å². The van der Waals surface area contributed by atoms with E-state index in [9.17, 15) is 4.79 Å². The molecule has 0 radical (unpaired) electrons. The van der Waals surface area contributed by atoms with Gasteiger partial charge >= 0.3 is 0 Å². The van der Waals surface area contributed by atoms with Crippen molar-refractivity contribution in [2.75, 3.05) is 19.6 Å². The second-order valence-corrected chi connectivity index (χ2v) is 6.37. The first-order valence-corrected chi connectivity index (χ1v) is 7.88. The van der Waals surface area contributed by atoms with Gasteiger partial charge in [-0.15, -0.1) is 11.8 Å². The van der Waals surface area contributed by atoms with E-state index in [0.29, 0.717) is 0 Å². The van der Waals surface area contributed by atoms with E-state index in [1.54, 1.807) is 11.8 Å². The van der Waals surface area contributed by atoms with Gasteiger partial charge in [0.05, 0.1) is 5.25 Å². The molecule has 1 aromatic carbocycles. The largest absolute Gasteiger partial charge is 0.324 e. The minimum atomic E-state index is 0.00268. The molecule has 0 saturated carbocycles. The molecule has 2 atom stereocenters. The van der Waals surface area contributed by atoms with Crippen LogP contribution in [0.15, 0.2) is 24.3 Å². The highest BCUT2D eigenvalue weighted by Crippen LogP contribution is 2.44. The maximum Gasteiger partial charge on any atom is 0.236 e. The van der Waals surface area contributed by atoms with Crippen LogP contribution in [-0.2, 0) is 4.79 Å². The summed E-state index contributed by atoms with van der Waals surface area (Å²) in [6, 6.07) is 7.77.